The number of amides is 1. The van der Waals surface area contributed by atoms with Crippen molar-refractivity contribution >= 4 is 28.5 Å². The first-order valence-corrected chi connectivity index (χ1v) is 9.48. The minimum absolute atomic E-state index is 0.0931. The van der Waals surface area contributed by atoms with Crippen LogP contribution in [-0.2, 0) is 4.79 Å². The highest BCUT2D eigenvalue weighted by molar-refractivity contribution is 6.32. The Kier molecular flexibility index (Phi) is 6.05. The maximum Gasteiger partial charge on any atom is 0.336 e. The third kappa shape index (κ3) is 4.54. The van der Waals surface area contributed by atoms with Crippen LogP contribution in [0.5, 0.6) is 5.75 Å². The van der Waals surface area contributed by atoms with Crippen LogP contribution in [0.4, 0.5) is 0 Å². The molecule has 0 saturated heterocycles. The second-order valence-corrected chi connectivity index (χ2v) is 7.16. The quantitative estimate of drug-likeness (QED) is 0.609. The van der Waals surface area contributed by atoms with Crippen molar-refractivity contribution in [2.24, 2.45) is 0 Å². The van der Waals surface area contributed by atoms with E-state index in [1.165, 1.54) is 17.7 Å². The summed E-state index contributed by atoms with van der Waals surface area (Å²) in [6.07, 6.45) is 0.760. The summed E-state index contributed by atoms with van der Waals surface area (Å²) in [5.41, 5.74) is 2.90. The van der Waals surface area contributed by atoms with Crippen molar-refractivity contribution < 1.29 is 13.9 Å². The van der Waals surface area contributed by atoms with E-state index in [0.717, 1.165) is 22.9 Å². The number of hydrogen-bond donors (Lipinski definition) is 1. The third-order valence-corrected chi connectivity index (χ3v) is 4.88. The molecule has 1 atom stereocenters. The first kappa shape index (κ1) is 20.0. The van der Waals surface area contributed by atoms with E-state index in [-0.39, 0.29) is 18.6 Å². The van der Waals surface area contributed by atoms with Gasteiger partial charge in [-0.1, -0.05) is 48.4 Å². The molecule has 0 fully saturated rings. The molecule has 1 heterocycles. The van der Waals surface area contributed by atoms with Crippen LogP contribution in [-0.4, -0.2) is 12.5 Å². The summed E-state index contributed by atoms with van der Waals surface area (Å²) in [5.74, 6) is 0.0377. The average molecular weight is 400 g/mol. The Bertz CT molecular complexity index is 1060. The highest BCUT2D eigenvalue weighted by atomic mass is 35.5. The first-order chi connectivity index (χ1) is 13.4. The normalized spacial score (nSPS) is 12.0. The Hall–Kier alpha value is -2.79. The summed E-state index contributed by atoms with van der Waals surface area (Å²) in [4.78, 5) is 23.9. The number of nitrogens with one attached hydrogen (secondary N) is 1. The second kappa shape index (κ2) is 8.48. The largest absolute Gasteiger partial charge is 0.482 e. The van der Waals surface area contributed by atoms with Gasteiger partial charge in [0.25, 0.3) is 5.91 Å². The molecule has 1 aromatic heterocycles. The van der Waals surface area contributed by atoms with Gasteiger partial charge >= 0.3 is 5.63 Å². The molecule has 6 heteroatoms. The van der Waals surface area contributed by atoms with Crippen LogP contribution >= 0.6 is 11.6 Å². The Labute approximate surface area is 168 Å². The fraction of sp³-hybridized carbons (Fsp3) is 0.273. The lowest BCUT2D eigenvalue weighted by Crippen LogP contribution is -2.32. The molecule has 0 aliphatic rings. The van der Waals surface area contributed by atoms with Crippen LogP contribution in [0, 0.1) is 13.8 Å². The highest BCUT2D eigenvalue weighted by Gasteiger charge is 2.15. The molecule has 0 bridgehead atoms. The van der Waals surface area contributed by atoms with E-state index in [4.69, 9.17) is 20.8 Å². The Morgan fingerprint density at radius 3 is 2.57 bits per heavy atom. The van der Waals surface area contributed by atoms with Gasteiger partial charge in [0.05, 0.1) is 11.1 Å². The first-order valence-electron chi connectivity index (χ1n) is 9.10. The van der Waals surface area contributed by atoms with Gasteiger partial charge in [0.2, 0.25) is 0 Å². The number of benzene rings is 2. The van der Waals surface area contributed by atoms with Crippen molar-refractivity contribution in [1.29, 1.82) is 0 Å². The zero-order chi connectivity index (χ0) is 20.3. The van der Waals surface area contributed by atoms with Gasteiger partial charge in [-0.2, -0.15) is 0 Å². The molecule has 28 heavy (non-hydrogen) atoms. The van der Waals surface area contributed by atoms with E-state index in [0.29, 0.717) is 16.4 Å². The van der Waals surface area contributed by atoms with Crippen LogP contribution < -0.4 is 15.7 Å². The SMILES string of the molecule is CCC(NC(=O)COc1cc2oc(=O)cc(C)c2cc1Cl)c1ccc(C)cc1. The molecule has 1 amide bonds. The lowest BCUT2D eigenvalue weighted by molar-refractivity contribution is -0.123. The summed E-state index contributed by atoms with van der Waals surface area (Å²) < 4.78 is 10.8. The lowest BCUT2D eigenvalue weighted by Gasteiger charge is -2.18. The fourth-order valence-electron chi connectivity index (χ4n) is 3.03. The lowest BCUT2D eigenvalue weighted by atomic mass is 10.0. The molecule has 3 aromatic rings. The van der Waals surface area contributed by atoms with E-state index in [9.17, 15) is 9.59 Å². The standard InChI is InChI=1S/C22H22ClNO4/c1-4-18(15-7-5-13(2)6-8-15)24-21(25)12-27-20-11-19-16(10-17(20)23)14(3)9-22(26)28-19/h5-11,18H,4,12H2,1-3H3,(H,24,25). The van der Waals surface area contributed by atoms with Gasteiger partial charge in [0.15, 0.2) is 6.61 Å². The molecule has 0 aliphatic heterocycles. The molecule has 0 spiro atoms. The van der Waals surface area contributed by atoms with Gasteiger partial charge in [-0.3, -0.25) is 4.79 Å². The van der Waals surface area contributed by atoms with Crippen molar-refractivity contribution in [2.45, 2.75) is 33.2 Å². The second-order valence-electron chi connectivity index (χ2n) is 6.75. The molecular weight excluding hydrogens is 378 g/mol. The summed E-state index contributed by atoms with van der Waals surface area (Å²) in [6, 6.07) is 12.6. The van der Waals surface area contributed by atoms with E-state index in [2.05, 4.69) is 5.32 Å². The van der Waals surface area contributed by atoms with Crippen molar-refractivity contribution in [3.05, 3.63) is 74.6 Å². The third-order valence-electron chi connectivity index (χ3n) is 4.59. The van der Waals surface area contributed by atoms with Crippen molar-refractivity contribution in [3.63, 3.8) is 0 Å². The van der Waals surface area contributed by atoms with Crippen molar-refractivity contribution in [2.75, 3.05) is 6.61 Å². The van der Waals surface area contributed by atoms with Crippen LogP contribution in [0.2, 0.25) is 5.02 Å². The van der Waals surface area contributed by atoms with E-state index >= 15 is 0 Å². The predicted molar refractivity (Wildman–Crippen MR) is 110 cm³/mol. The summed E-state index contributed by atoms with van der Waals surface area (Å²) >= 11 is 6.27. The minimum atomic E-state index is -0.445. The van der Waals surface area contributed by atoms with Crippen molar-refractivity contribution in [3.8, 4) is 5.75 Å². The monoisotopic (exact) mass is 399 g/mol. The topological polar surface area (TPSA) is 68.5 Å². The van der Waals surface area contributed by atoms with Gasteiger partial charge < -0.3 is 14.5 Å². The number of carbonyl (C=O) groups excluding carboxylic acids is 1. The van der Waals surface area contributed by atoms with Crippen LogP contribution in [0.1, 0.15) is 36.1 Å². The summed E-state index contributed by atoms with van der Waals surface area (Å²) in [6.45, 7) is 5.65. The van der Waals surface area contributed by atoms with Crippen LogP contribution in [0.3, 0.4) is 0 Å². The zero-order valence-corrected chi connectivity index (χ0v) is 16.8. The Balaban J connectivity index is 1.70. The highest BCUT2D eigenvalue weighted by Crippen LogP contribution is 2.31. The number of carbonyl (C=O) groups is 1. The predicted octanol–water partition coefficient (Wildman–Crippen LogP) is 4.71. The van der Waals surface area contributed by atoms with Gasteiger partial charge in [-0.25, -0.2) is 4.79 Å². The number of ether oxygens (including phenoxy) is 1. The van der Waals surface area contributed by atoms with Gasteiger partial charge in [-0.15, -0.1) is 0 Å². The summed E-state index contributed by atoms with van der Waals surface area (Å²) in [5, 5.41) is 4.05. The molecule has 146 valence electrons. The van der Waals surface area contributed by atoms with Crippen LogP contribution in [0.15, 0.2) is 51.7 Å². The number of fused-ring (bicyclic) bond motifs is 1. The molecule has 1 unspecified atom stereocenters. The van der Waals surface area contributed by atoms with Crippen LogP contribution in [0.25, 0.3) is 11.0 Å². The molecular formula is C22H22ClNO4. The average Bonchev–Trinajstić information content (AvgIpc) is 2.66. The number of rotatable bonds is 6. The molecule has 0 aliphatic carbocycles. The van der Waals surface area contributed by atoms with Gasteiger partial charge in [0.1, 0.15) is 11.3 Å². The smallest absolute Gasteiger partial charge is 0.336 e. The van der Waals surface area contributed by atoms with E-state index in [1.807, 2.05) is 38.1 Å². The van der Waals surface area contributed by atoms with Crippen molar-refractivity contribution in [1.82, 2.24) is 5.32 Å². The fourth-order valence-corrected chi connectivity index (χ4v) is 3.25. The van der Waals surface area contributed by atoms with Gasteiger partial charge in [0, 0.05) is 17.5 Å². The molecule has 3 rings (SSSR count). The Morgan fingerprint density at radius 1 is 1.18 bits per heavy atom. The van der Waals surface area contributed by atoms with E-state index in [1.54, 1.807) is 13.0 Å². The number of aryl methyl sites for hydroxylation is 2. The molecule has 1 N–H and O–H groups in total. The van der Waals surface area contributed by atoms with E-state index < -0.39 is 5.63 Å². The molecule has 5 nitrogen and oxygen atoms in total. The molecule has 0 radical (unpaired) electrons. The molecule has 2 aromatic carbocycles. The summed E-state index contributed by atoms with van der Waals surface area (Å²) in [7, 11) is 0. The zero-order valence-electron chi connectivity index (χ0n) is 16.0. The number of hydrogen-bond acceptors (Lipinski definition) is 4. The maximum absolute atomic E-state index is 12.4. The maximum atomic E-state index is 12.4. The van der Waals surface area contributed by atoms with Gasteiger partial charge in [-0.05, 0) is 37.5 Å². The minimum Gasteiger partial charge on any atom is -0.482 e. The molecule has 0 saturated carbocycles. The number of halogens is 1. The Morgan fingerprint density at radius 2 is 1.89 bits per heavy atom.